The summed E-state index contributed by atoms with van der Waals surface area (Å²) in [7, 11) is 0. The van der Waals surface area contributed by atoms with Crippen LogP contribution in [0.5, 0.6) is 11.5 Å². The maximum absolute atomic E-state index is 13.7. The first-order chi connectivity index (χ1) is 13.6. The number of aryl methyl sites for hydroxylation is 1. The van der Waals surface area contributed by atoms with Crippen molar-refractivity contribution < 1.29 is 13.9 Å². The van der Waals surface area contributed by atoms with Gasteiger partial charge in [-0.1, -0.05) is 30.3 Å². The normalized spacial score (nSPS) is 10.6. The molecule has 0 spiro atoms. The molecule has 4 nitrogen and oxygen atoms in total. The lowest BCUT2D eigenvalue weighted by Gasteiger charge is -2.13. The third kappa shape index (κ3) is 3.69. The minimum Gasteiger partial charge on any atom is -0.455 e. The lowest BCUT2D eigenvalue weighted by Crippen LogP contribution is -2.14. The summed E-state index contributed by atoms with van der Waals surface area (Å²) in [6.45, 7) is 1.80. The van der Waals surface area contributed by atoms with Crippen LogP contribution in [-0.2, 0) is 0 Å². The molecule has 0 aliphatic carbocycles. The summed E-state index contributed by atoms with van der Waals surface area (Å²) in [4.78, 5) is 17.3. The highest BCUT2D eigenvalue weighted by molar-refractivity contribution is 6.12. The molecule has 0 bridgehead atoms. The number of rotatable bonds is 4. The summed E-state index contributed by atoms with van der Waals surface area (Å²) in [5, 5.41) is 3.33. The fourth-order valence-electron chi connectivity index (χ4n) is 2.98. The number of nitrogens with zero attached hydrogens (tertiary/aromatic N) is 1. The van der Waals surface area contributed by atoms with Gasteiger partial charge in [0.1, 0.15) is 11.6 Å². The molecule has 138 valence electrons. The van der Waals surface area contributed by atoms with E-state index in [0.29, 0.717) is 39.3 Å². The van der Waals surface area contributed by atoms with Gasteiger partial charge in [0.2, 0.25) is 0 Å². The van der Waals surface area contributed by atoms with Gasteiger partial charge in [-0.25, -0.2) is 4.39 Å². The molecular weight excluding hydrogens is 355 g/mol. The first-order valence-corrected chi connectivity index (χ1v) is 8.80. The second kappa shape index (κ2) is 7.48. The molecule has 0 aliphatic rings. The molecule has 0 saturated heterocycles. The summed E-state index contributed by atoms with van der Waals surface area (Å²) in [6.07, 6.45) is 0. The maximum atomic E-state index is 13.7. The van der Waals surface area contributed by atoms with Crippen LogP contribution in [0.3, 0.4) is 0 Å². The number of ether oxygens (including phenoxy) is 1. The average molecular weight is 372 g/mol. The first-order valence-electron chi connectivity index (χ1n) is 8.80. The van der Waals surface area contributed by atoms with Crippen LogP contribution >= 0.6 is 0 Å². The van der Waals surface area contributed by atoms with Crippen molar-refractivity contribution in [3.05, 3.63) is 95.9 Å². The van der Waals surface area contributed by atoms with Crippen molar-refractivity contribution in [3.63, 3.8) is 0 Å². The zero-order chi connectivity index (χ0) is 19.5. The molecule has 1 aromatic heterocycles. The summed E-state index contributed by atoms with van der Waals surface area (Å²) >= 11 is 0. The minimum atomic E-state index is -0.417. The molecule has 4 aromatic rings. The molecule has 0 fully saturated rings. The van der Waals surface area contributed by atoms with Gasteiger partial charge in [-0.2, -0.15) is 0 Å². The van der Waals surface area contributed by atoms with Crippen LogP contribution in [0.4, 0.5) is 10.1 Å². The Balaban J connectivity index is 1.68. The molecule has 0 saturated carbocycles. The summed E-state index contributed by atoms with van der Waals surface area (Å²) in [5.74, 6) is 0.407. The predicted octanol–water partition coefficient (Wildman–Crippen LogP) is 5.73. The largest absolute Gasteiger partial charge is 0.455 e. The number of hydrogen-bond donors (Lipinski definition) is 1. The van der Waals surface area contributed by atoms with Crippen molar-refractivity contribution in [2.45, 2.75) is 6.92 Å². The maximum Gasteiger partial charge on any atom is 0.256 e. The number of fused-ring (bicyclic) bond motifs is 1. The molecule has 0 unspecified atom stereocenters. The van der Waals surface area contributed by atoms with Gasteiger partial charge in [0.05, 0.1) is 16.8 Å². The van der Waals surface area contributed by atoms with E-state index in [4.69, 9.17) is 4.74 Å². The van der Waals surface area contributed by atoms with E-state index in [1.807, 2.05) is 42.5 Å². The van der Waals surface area contributed by atoms with Gasteiger partial charge in [0.15, 0.2) is 5.75 Å². The Morgan fingerprint density at radius 1 is 0.964 bits per heavy atom. The summed E-state index contributed by atoms with van der Waals surface area (Å²) in [6, 6.07) is 22.4. The number of amides is 1. The van der Waals surface area contributed by atoms with Crippen LogP contribution in [0.15, 0.2) is 78.9 Å². The molecular formula is C23H17FN2O2. The van der Waals surface area contributed by atoms with Crippen molar-refractivity contribution in [3.8, 4) is 11.5 Å². The average Bonchev–Trinajstić information content (AvgIpc) is 2.70. The van der Waals surface area contributed by atoms with Gasteiger partial charge in [0, 0.05) is 11.1 Å². The topological polar surface area (TPSA) is 51.2 Å². The number of halogens is 1. The highest BCUT2D eigenvalue weighted by Crippen LogP contribution is 2.30. The van der Waals surface area contributed by atoms with E-state index in [0.717, 1.165) is 0 Å². The number of carbonyl (C=O) groups is 1. The molecule has 5 heteroatoms. The fraction of sp³-hybridized carbons (Fsp3) is 0.0435. The third-order valence-electron chi connectivity index (χ3n) is 4.25. The Morgan fingerprint density at radius 2 is 1.71 bits per heavy atom. The lowest BCUT2D eigenvalue weighted by atomic mass is 10.1. The number of anilines is 1. The molecule has 1 amide bonds. The molecule has 0 atom stereocenters. The Bertz CT molecular complexity index is 1160. The highest BCUT2D eigenvalue weighted by Gasteiger charge is 2.15. The van der Waals surface area contributed by atoms with Crippen LogP contribution in [0.25, 0.3) is 10.9 Å². The van der Waals surface area contributed by atoms with Gasteiger partial charge in [-0.05, 0) is 55.5 Å². The Labute approximate surface area is 161 Å². The van der Waals surface area contributed by atoms with Crippen LogP contribution < -0.4 is 10.1 Å². The molecule has 4 rings (SSSR count). The van der Waals surface area contributed by atoms with Gasteiger partial charge in [-0.15, -0.1) is 0 Å². The van der Waals surface area contributed by atoms with E-state index in [9.17, 15) is 9.18 Å². The standard InChI is InChI=1S/C23H17FN2O2/c1-15-13-19(18-14-16(24)11-12-20(18)25-15)23(27)26-21-9-5-6-10-22(21)28-17-7-3-2-4-8-17/h2-14H,1H3,(H,26,27). The van der Waals surface area contributed by atoms with Crippen LogP contribution in [-0.4, -0.2) is 10.9 Å². The number of carbonyl (C=O) groups excluding carboxylic acids is 1. The van der Waals surface area contributed by atoms with Crippen molar-refractivity contribution in [1.29, 1.82) is 0 Å². The quantitative estimate of drug-likeness (QED) is 0.498. The minimum absolute atomic E-state index is 0.356. The molecule has 1 N–H and O–H groups in total. The predicted molar refractivity (Wildman–Crippen MR) is 107 cm³/mol. The van der Waals surface area contributed by atoms with Gasteiger partial charge in [0.25, 0.3) is 5.91 Å². The first kappa shape index (κ1) is 17.7. The number of para-hydroxylation sites is 3. The second-order valence-corrected chi connectivity index (χ2v) is 6.34. The van der Waals surface area contributed by atoms with E-state index < -0.39 is 5.82 Å². The van der Waals surface area contributed by atoms with E-state index >= 15 is 0 Å². The molecule has 1 heterocycles. The zero-order valence-corrected chi connectivity index (χ0v) is 15.1. The smallest absolute Gasteiger partial charge is 0.256 e. The van der Waals surface area contributed by atoms with Crippen molar-refractivity contribution in [1.82, 2.24) is 4.98 Å². The third-order valence-corrected chi connectivity index (χ3v) is 4.25. The number of aromatic nitrogens is 1. The Kier molecular flexibility index (Phi) is 4.72. The molecule has 0 radical (unpaired) electrons. The van der Waals surface area contributed by atoms with E-state index in [1.165, 1.54) is 12.1 Å². The Hall–Kier alpha value is -3.73. The number of pyridine rings is 1. The van der Waals surface area contributed by atoms with E-state index in [-0.39, 0.29) is 5.91 Å². The summed E-state index contributed by atoms with van der Waals surface area (Å²) < 4.78 is 19.6. The monoisotopic (exact) mass is 372 g/mol. The van der Waals surface area contributed by atoms with Gasteiger partial charge in [-0.3, -0.25) is 9.78 Å². The summed E-state index contributed by atoms with van der Waals surface area (Å²) in [5.41, 5.74) is 2.13. The fourth-order valence-corrected chi connectivity index (χ4v) is 2.98. The number of hydrogen-bond acceptors (Lipinski definition) is 3. The number of nitrogens with one attached hydrogen (secondary N) is 1. The highest BCUT2D eigenvalue weighted by atomic mass is 19.1. The lowest BCUT2D eigenvalue weighted by molar-refractivity contribution is 0.102. The van der Waals surface area contributed by atoms with Gasteiger partial charge < -0.3 is 10.1 Å². The Morgan fingerprint density at radius 3 is 2.54 bits per heavy atom. The van der Waals surface area contributed by atoms with Crippen LogP contribution in [0, 0.1) is 12.7 Å². The second-order valence-electron chi connectivity index (χ2n) is 6.34. The van der Waals surface area contributed by atoms with Crippen LogP contribution in [0.1, 0.15) is 16.1 Å². The molecule has 3 aromatic carbocycles. The molecule has 0 aliphatic heterocycles. The number of benzene rings is 3. The van der Waals surface area contributed by atoms with E-state index in [2.05, 4.69) is 10.3 Å². The van der Waals surface area contributed by atoms with Crippen molar-refractivity contribution in [2.24, 2.45) is 0 Å². The molecule has 28 heavy (non-hydrogen) atoms. The SMILES string of the molecule is Cc1cc(C(=O)Nc2ccccc2Oc2ccccc2)c2cc(F)ccc2n1. The zero-order valence-electron chi connectivity index (χ0n) is 15.1. The van der Waals surface area contributed by atoms with Crippen LogP contribution in [0.2, 0.25) is 0 Å². The van der Waals surface area contributed by atoms with E-state index in [1.54, 1.807) is 31.2 Å². The van der Waals surface area contributed by atoms with Crippen molar-refractivity contribution in [2.75, 3.05) is 5.32 Å². The van der Waals surface area contributed by atoms with Crippen molar-refractivity contribution >= 4 is 22.5 Å². The van der Waals surface area contributed by atoms with Gasteiger partial charge >= 0.3 is 0 Å².